The van der Waals surface area contributed by atoms with Crippen molar-refractivity contribution in [3.8, 4) is 0 Å². The third kappa shape index (κ3) is 2.04. The smallest absolute Gasteiger partial charge is 0.244 e. The summed E-state index contributed by atoms with van der Waals surface area (Å²) in [5, 5.41) is 4.24. The van der Waals surface area contributed by atoms with Gasteiger partial charge in [0.15, 0.2) is 0 Å². The van der Waals surface area contributed by atoms with Gasteiger partial charge in [0.05, 0.1) is 11.2 Å². The highest BCUT2D eigenvalue weighted by Gasteiger charge is 2.50. The summed E-state index contributed by atoms with van der Waals surface area (Å²) in [5.41, 5.74) is 17.7. The van der Waals surface area contributed by atoms with Gasteiger partial charge < -0.3 is 21.8 Å². The highest BCUT2D eigenvalue weighted by atomic mass is 16.2. The molecule has 5 heteroatoms. The Balaban J connectivity index is 1.88. The number of benzene rings is 3. The molecule has 5 nitrogen and oxygen atoms in total. The van der Waals surface area contributed by atoms with Crippen LogP contribution >= 0.6 is 0 Å². The Morgan fingerprint density at radius 3 is 1.96 bits per heavy atom. The first-order chi connectivity index (χ1) is 13.5. The molecule has 0 aliphatic carbocycles. The minimum atomic E-state index is -0.968. The summed E-state index contributed by atoms with van der Waals surface area (Å²) in [6.07, 6.45) is 1.96. The number of amides is 1. The number of fused-ring (bicyclic) bond motifs is 3. The summed E-state index contributed by atoms with van der Waals surface area (Å²) in [4.78, 5) is 16.9. The zero-order valence-corrected chi connectivity index (χ0v) is 15.4. The molecule has 5 rings (SSSR count). The lowest BCUT2D eigenvalue weighted by atomic mass is 9.70. The van der Waals surface area contributed by atoms with Crippen molar-refractivity contribution >= 4 is 33.9 Å². The van der Waals surface area contributed by atoms with E-state index in [1.54, 1.807) is 0 Å². The number of H-pyrrole nitrogens is 1. The maximum atomic E-state index is 13.6. The van der Waals surface area contributed by atoms with Gasteiger partial charge in [-0.05, 0) is 47.9 Å². The van der Waals surface area contributed by atoms with Gasteiger partial charge in [-0.3, -0.25) is 4.79 Å². The fraction of sp³-hybridized carbons (Fsp3) is 0.0870. The third-order valence-electron chi connectivity index (χ3n) is 5.73. The summed E-state index contributed by atoms with van der Waals surface area (Å²) in [6.45, 7) is 2.05. The number of hydrogen-bond acceptors (Lipinski definition) is 3. The number of hydrogen-bond donors (Lipinski definition) is 4. The first kappa shape index (κ1) is 16.4. The van der Waals surface area contributed by atoms with Crippen molar-refractivity contribution in [1.29, 1.82) is 0 Å². The second-order valence-corrected chi connectivity index (χ2v) is 7.33. The van der Waals surface area contributed by atoms with Gasteiger partial charge in [0, 0.05) is 28.5 Å². The number of rotatable bonds is 2. The quantitative estimate of drug-likeness (QED) is 0.404. The molecule has 0 saturated carbocycles. The SMILES string of the molecule is Cc1c[nH]c2c3c(ccc12)C(c1ccc(N)cc1)(c1ccc(N)cc1)C(=O)N3. The van der Waals surface area contributed by atoms with E-state index < -0.39 is 5.41 Å². The number of nitrogens with two attached hydrogens (primary N) is 2. The van der Waals surface area contributed by atoms with Crippen LogP contribution < -0.4 is 16.8 Å². The highest BCUT2D eigenvalue weighted by Crippen LogP contribution is 2.50. The molecule has 1 aliphatic heterocycles. The highest BCUT2D eigenvalue weighted by molar-refractivity contribution is 6.16. The summed E-state index contributed by atoms with van der Waals surface area (Å²) in [5.74, 6) is -0.0863. The maximum Gasteiger partial charge on any atom is 0.244 e. The van der Waals surface area contributed by atoms with E-state index in [4.69, 9.17) is 11.5 Å². The first-order valence-electron chi connectivity index (χ1n) is 9.16. The molecule has 4 aromatic rings. The van der Waals surface area contributed by atoms with Gasteiger partial charge in [-0.1, -0.05) is 36.4 Å². The molecule has 0 bridgehead atoms. The van der Waals surface area contributed by atoms with Crippen LogP contribution in [0.4, 0.5) is 17.1 Å². The molecule has 0 spiro atoms. The van der Waals surface area contributed by atoms with Gasteiger partial charge in [-0.15, -0.1) is 0 Å². The third-order valence-corrected chi connectivity index (χ3v) is 5.73. The minimum absolute atomic E-state index is 0.0863. The molecule has 6 N–H and O–H groups in total. The largest absolute Gasteiger partial charge is 0.399 e. The topological polar surface area (TPSA) is 96.9 Å². The van der Waals surface area contributed by atoms with E-state index in [2.05, 4.69) is 23.3 Å². The Kier molecular flexibility index (Phi) is 3.31. The predicted molar refractivity (Wildman–Crippen MR) is 113 cm³/mol. The molecule has 0 fully saturated rings. The molecule has 0 saturated heterocycles. The molecule has 0 atom stereocenters. The molecule has 3 aromatic carbocycles. The Bertz CT molecular complexity index is 1170. The Morgan fingerprint density at radius 2 is 1.39 bits per heavy atom. The lowest BCUT2D eigenvalue weighted by Gasteiger charge is -2.29. The van der Waals surface area contributed by atoms with Crippen LogP contribution in [-0.2, 0) is 10.2 Å². The van der Waals surface area contributed by atoms with E-state index in [1.165, 1.54) is 0 Å². The van der Waals surface area contributed by atoms with Crippen LogP contribution in [0, 0.1) is 6.92 Å². The summed E-state index contributed by atoms with van der Waals surface area (Å²) in [6, 6.07) is 19.1. The molecular weight excluding hydrogens is 348 g/mol. The van der Waals surface area contributed by atoms with Crippen LogP contribution in [-0.4, -0.2) is 10.9 Å². The lowest BCUT2D eigenvalue weighted by Crippen LogP contribution is -2.37. The number of nitrogens with one attached hydrogen (secondary N) is 2. The van der Waals surface area contributed by atoms with E-state index in [0.717, 1.165) is 38.8 Å². The number of aryl methyl sites for hydroxylation is 1. The van der Waals surface area contributed by atoms with Gasteiger partial charge in [0.2, 0.25) is 5.91 Å². The second-order valence-electron chi connectivity index (χ2n) is 7.33. The molecule has 28 heavy (non-hydrogen) atoms. The lowest BCUT2D eigenvalue weighted by molar-refractivity contribution is -0.118. The van der Waals surface area contributed by atoms with Crippen LogP contribution in [0.5, 0.6) is 0 Å². The van der Waals surface area contributed by atoms with Crippen LogP contribution in [0.1, 0.15) is 22.3 Å². The summed E-state index contributed by atoms with van der Waals surface area (Å²) in [7, 11) is 0. The Labute approximate surface area is 162 Å². The van der Waals surface area contributed by atoms with Crippen molar-refractivity contribution in [3.63, 3.8) is 0 Å². The van der Waals surface area contributed by atoms with Crippen molar-refractivity contribution in [2.75, 3.05) is 16.8 Å². The van der Waals surface area contributed by atoms with Gasteiger partial charge in [-0.2, -0.15) is 0 Å². The standard InChI is InChI=1S/C23H20N4O/c1-13-12-26-20-18(13)10-11-19-21(20)27-22(28)23(19,14-2-6-16(24)7-3-14)15-4-8-17(25)9-5-15/h2-12,26H,24-25H2,1H3,(H,27,28). The van der Waals surface area contributed by atoms with E-state index in [-0.39, 0.29) is 5.91 Å². The number of anilines is 3. The number of carbonyl (C=O) groups is 1. The van der Waals surface area contributed by atoms with Crippen molar-refractivity contribution < 1.29 is 4.79 Å². The molecule has 1 amide bonds. The summed E-state index contributed by atoms with van der Waals surface area (Å²) < 4.78 is 0. The first-order valence-corrected chi connectivity index (χ1v) is 9.16. The van der Waals surface area contributed by atoms with Crippen LogP contribution in [0.25, 0.3) is 10.9 Å². The van der Waals surface area contributed by atoms with E-state index in [9.17, 15) is 4.79 Å². The van der Waals surface area contributed by atoms with E-state index in [1.807, 2.05) is 60.8 Å². The Hall–Kier alpha value is -3.73. The number of nitrogen functional groups attached to an aromatic ring is 2. The number of carbonyl (C=O) groups excluding carboxylic acids is 1. The zero-order valence-electron chi connectivity index (χ0n) is 15.4. The van der Waals surface area contributed by atoms with Gasteiger partial charge in [-0.25, -0.2) is 0 Å². The maximum absolute atomic E-state index is 13.6. The minimum Gasteiger partial charge on any atom is -0.399 e. The summed E-state index contributed by atoms with van der Waals surface area (Å²) >= 11 is 0. The number of aromatic amines is 1. The van der Waals surface area contributed by atoms with Crippen LogP contribution in [0.2, 0.25) is 0 Å². The molecule has 138 valence electrons. The normalized spacial score (nSPS) is 14.8. The average Bonchev–Trinajstić information content (AvgIpc) is 3.21. The molecule has 1 aromatic heterocycles. The fourth-order valence-electron chi connectivity index (χ4n) is 4.32. The fourth-order valence-corrected chi connectivity index (χ4v) is 4.32. The van der Waals surface area contributed by atoms with E-state index in [0.29, 0.717) is 11.4 Å². The van der Waals surface area contributed by atoms with E-state index >= 15 is 0 Å². The Morgan fingerprint density at radius 1 is 0.821 bits per heavy atom. The van der Waals surface area contributed by atoms with Gasteiger partial charge in [0.1, 0.15) is 5.41 Å². The van der Waals surface area contributed by atoms with Gasteiger partial charge >= 0.3 is 0 Å². The molecule has 0 radical (unpaired) electrons. The monoisotopic (exact) mass is 368 g/mol. The molecular formula is C23H20N4O. The van der Waals surface area contributed by atoms with Gasteiger partial charge in [0.25, 0.3) is 0 Å². The van der Waals surface area contributed by atoms with Crippen molar-refractivity contribution in [2.45, 2.75) is 12.3 Å². The number of aromatic nitrogens is 1. The van der Waals surface area contributed by atoms with Crippen LogP contribution in [0.3, 0.4) is 0 Å². The predicted octanol–water partition coefficient (Wildman–Crippen LogP) is 3.93. The molecule has 0 unspecified atom stereocenters. The van der Waals surface area contributed by atoms with Crippen molar-refractivity contribution in [1.82, 2.24) is 4.98 Å². The molecule has 1 aliphatic rings. The van der Waals surface area contributed by atoms with Crippen molar-refractivity contribution in [3.05, 3.63) is 89.1 Å². The average molecular weight is 368 g/mol. The molecule has 2 heterocycles. The second kappa shape index (κ2) is 5.63. The van der Waals surface area contributed by atoms with Crippen LogP contribution in [0.15, 0.2) is 66.9 Å². The van der Waals surface area contributed by atoms with Crippen molar-refractivity contribution in [2.24, 2.45) is 0 Å². The zero-order chi connectivity index (χ0) is 19.5.